The van der Waals surface area contributed by atoms with Crippen LogP contribution >= 0.6 is 0 Å². The molecular formula is C6H12N2O2. The lowest BCUT2D eigenvalue weighted by Crippen LogP contribution is -2.20. The predicted octanol–water partition coefficient (Wildman–Crippen LogP) is 0.159. The van der Waals surface area contributed by atoms with Gasteiger partial charge in [-0.2, -0.15) is 0 Å². The fourth-order valence-electron chi connectivity index (χ4n) is 0.444. The van der Waals surface area contributed by atoms with Gasteiger partial charge in [-0.05, 0) is 13.0 Å². The highest BCUT2D eigenvalue weighted by Gasteiger charge is 1.86. The summed E-state index contributed by atoms with van der Waals surface area (Å²) in [7, 11) is 0. The molecule has 4 nitrogen and oxygen atoms in total. The summed E-state index contributed by atoms with van der Waals surface area (Å²) in [5, 5.41) is 10.3. The quantitative estimate of drug-likeness (QED) is 0.492. The van der Waals surface area contributed by atoms with E-state index in [-0.39, 0.29) is 0 Å². The fourth-order valence-corrected chi connectivity index (χ4v) is 0.444. The van der Waals surface area contributed by atoms with Gasteiger partial charge in [0.05, 0.1) is 0 Å². The van der Waals surface area contributed by atoms with Crippen LogP contribution in [0.1, 0.15) is 6.42 Å². The fraction of sp³-hybridized carbons (Fsp3) is 0.500. The second kappa shape index (κ2) is 6.10. The molecule has 0 saturated heterocycles. The lowest BCUT2D eigenvalue weighted by Gasteiger charge is -1.91. The summed E-state index contributed by atoms with van der Waals surface area (Å²) >= 11 is 0. The molecule has 0 aromatic rings. The molecule has 0 aliphatic heterocycles. The molecular weight excluding hydrogens is 132 g/mol. The van der Waals surface area contributed by atoms with Crippen LogP contribution in [0.5, 0.6) is 0 Å². The SMILES string of the molecule is NCC/C=C\CNC(=O)O. The van der Waals surface area contributed by atoms with Crippen molar-refractivity contribution in [3.8, 4) is 0 Å². The summed E-state index contributed by atoms with van der Waals surface area (Å²) in [5.74, 6) is 0. The minimum absolute atomic E-state index is 0.356. The molecule has 0 aromatic carbocycles. The zero-order valence-corrected chi connectivity index (χ0v) is 5.71. The van der Waals surface area contributed by atoms with Crippen molar-refractivity contribution < 1.29 is 9.90 Å². The lowest BCUT2D eigenvalue weighted by atomic mass is 10.4. The van der Waals surface area contributed by atoms with Gasteiger partial charge in [-0.25, -0.2) is 4.79 Å². The van der Waals surface area contributed by atoms with Crippen LogP contribution in [0.25, 0.3) is 0 Å². The van der Waals surface area contributed by atoms with Crippen molar-refractivity contribution >= 4 is 6.09 Å². The Bertz CT molecular complexity index is 123. The van der Waals surface area contributed by atoms with Crippen LogP contribution in [0, 0.1) is 0 Å². The van der Waals surface area contributed by atoms with E-state index in [9.17, 15) is 4.79 Å². The Balaban J connectivity index is 3.10. The standard InChI is InChI=1S/C6H12N2O2/c7-4-2-1-3-5-8-6(9)10/h1,3,8H,2,4-5,7H2,(H,9,10)/b3-1-. The van der Waals surface area contributed by atoms with Crippen LogP contribution < -0.4 is 11.1 Å². The number of nitrogens with two attached hydrogens (primary N) is 1. The van der Waals surface area contributed by atoms with Crippen molar-refractivity contribution in [1.82, 2.24) is 5.32 Å². The summed E-state index contributed by atoms with van der Waals surface area (Å²) < 4.78 is 0. The molecule has 0 rings (SSSR count). The molecule has 0 aromatic heterocycles. The van der Waals surface area contributed by atoms with Crippen molar-refractivity contribution in [2.24, 2.45) is 5.73 Å². The first kappa shape index (κ1) is 8.97. The maximum atomic E-state index is 9.86. The first-order valence-electron chi connectivity index (χ1n) is 3.09. The topological polar surface area (TPSA) is 75.3 Å². The summed E-state index contributed by atoms with van der Waals surface area (Å²) in [6.07, 6.45) is 3.37. The number of rotatable bonds is 4. The molecule has 0 heterocycles. The number of hydrogen-bond donors (Lipinski definition) is 3. The Morgan fingerprint density at radius 2 is 2.30 bits per heavy atom. The van der Waals surface area contributed by atoms with Gasteiger partial charge >= 0.3 is 6.09 Å². The Labute approximate surface area is 59.7 Å². The van der Waals surface area contributed by atoms with Crippen LogP contribution in [0.2, 0.25) is 0 Å². The third-order valence-corrected chi connectivity index (χ3v) is 0.871. The smallest absolute Gasteiger partial charge is 0.404 e. The van der Waals surface area contributed by atoms with Gasteiger partial charge in [-0.3, -0.25) is 0 Å². The van der Waals surface area contributed by atoms with E-state index in [1.807, 2.05) is 6.08 Å². The number of amides is 1. The maximum Gasteiger partial charge on any atom is 0.404 e. The van der Waals surface area contributed by atoms with E-state index >= 15 is 0 Å². The van der Waals surface area contributed by atoms with Crippen LogP contribution in [0.3, 0.4) is 0 Å². The summed E-state index contributed by atoms with van der Waals surface area (Å²) in [6, 6.07) is 0. The Hall–Kier alpha value is -1.03. The predicted molar refractivity (Wildman–Crippen MR) is 38.8 cm³/mol. The Kier molecular flexibility index (Phi) is 5.47. The van der Waals surface area contributed by atoms with Crippen molar-refractivity contribution in [3.05, 3.63) is 12.2 Å². The van der Waals surface area contributed by atoms with Gasteiger partial charge in [0.25, 0.3) is 0 Å². The second-order valence-corrected chi connectivity index (χ2v) is 1.73. The van der Waals surface area contributed by atoms with E-state index in [1.165, 1.54) is 0 Å². The highest BCUT2D eigenvalue weighted by atomic mass is 16.4. The van der Waals surface area contributed by atoms with Crippen LogP contribution in [0.15, 0.2) is 12.2 Å². The molecule has 0 saturated carbocycles. The van der Waals surface area contributed by atoms with E-state index in [0.29, 0.717) is 13.1 Å². The van der Waals surface area contributed by atoms with Crippen LogP contribution in [0.4, 0.5) is 4.79 Å². The lowest BCUT2D eigenvalue weighted by molar-refractivity contribution is 0.195. The molecule has 1 amide bonds. The largest absolute Gasteiger partial charge is 0.465 e. The summed E-state index contributed by atoms with van der Waals surface area (Å²) in [5.41, 5.74) is 5.18. The van der Waals surface area contributed by atoms with Crippen molar-refractivity contribution in [2.75, 3.05) is 13.1 Å². The van der Waals surface area contributed by atoms with Crippen molar-refractivity contribution in [1.29, 1.82) is 0 Å². The molecule has 0 aliphatic rings. The van der Waals surface area contributed by atoms with Gasteiger partial charge in [0.1, 0.15) is 0 Å². The summed E-state index contributed by atoms with van der Waals surface area (Å²) in [6.45, 7) is 0.957. The van der Waals surface area contributed by atoms with Crippen LogP contribution in [-0.2, 0) is 0 Å². The molecule has 4 N–H and O–H groups in total. The average molecular weight is 144 g/mol. The van der Waals surface area contributed by atoms with Crippen molar-refractivity contribution in [2.45, 2.75) is 6.42 Å². The normalized spacial score (nSPS) is 10.1. The molecule has 0 atom stereocenters. The molecule has 0 spiro atoms. The first-order chi connectivity index (χ1) is 4.77. The van der Waals surface area contributed by atoms with E-state index in [4.69, 9.17) is 10.8 Å². The Morgan fingerprint density at radius 3 is 2.80 bits per heavy atom. The van der Waals surface area contributed by atoms with Crippen LogP contribution in [-0.4, -0.2) is 24.3 Å². The zero-order chi connectivity index (χ0) is 7.82. The molecule has 4 heteroatoms. The van der Waals surface area contributed by atoms with E-state index in [0.717, 1.165) is 6.42 Å². The first-order valence-corrected chi connectivity index (χ1v) is 3.09. The molecule has 0 aliphatic carbocycles. The molecule has 58 valence electrons. The van der Waals surface area contributed by atoms with Crippen molar-refractivity contribution in [3.63, 3.8) is 0 Å². The minimum Gasteiger partial charge on any atom is -0.465 e. The van der Waals surface area contributed by atoms with E-state index < -0.39 is 6.09 Å². The molecule has 10 heavy (non-hydrogen) atoms. The number of carbonyl (C=O) groups is 1. The Morgan fingerprint density at radius 1 is 1.60 bits per heavy atom. The zero-order valence-electron chi connectivity index (χ0n) is 5.71. The highest BCUT2D eigenvalue weighted by Crippen LogP contribution is 1.76. The molecule has 0 bridgehead atoms. The van der Waals surface area contributed by atoms with E-state index in [1.54, 1.807) is 6.08 Å². The monoisotopic (exact) mass is 144 g/mol. The molecule has 0 unspecified atom stereocenters. The molecule has 0 fully saturated rings. The third kappa shape index (κ3) is 6.97. The maximum absolute atomic E-state index is 9.86. The van der Waals surface area contributed by atoms with Gasteiger partial charge < -0.3 is 16.2 Å². The summed E-state index contributed by atoms with van der Waals surface area (Å²) in [4.78, 5) is 9.86. The van der Waals surface area contributed by atoms with Gasteiger partial charge in [0.15, 0.2) is 0 Å². The average Bonchev–Trinajstić information content (AvgIpc) is 1.87. The highest BCUT2D eigenvalue weighted by molar-refractivity contribution is 5.64. The second-order valence-electron chi connectivity index (χ2n) is 1.73. The molecule has 0 radical (unpaired) electrons. The van der Waals surface area contributed by atoms with Gasteiger partial charge in [0.2, 0.25) is 0 Å². The minimum atomic E-state index is -1.00. The number of hydrogen-bond acceptors (Lipinski definition) is 2. The van der Waals surface area contributed by atoms with Gasteiger partial charge in [0, 0.05) is 6.54 Å². The van der Waals surface area contributed by atoms with E-state index in [2.05, 4.69) is 5.32 Å². The number of nitrogens with one attached hydrogen (secondary N) is 1. The van der Waals surface area contributed by atoms with Gasteiger partial charge in [-0.15, -0.1) is 0 Å². The third-order valence-electron chi connectivity index (χ3n) is 0.871. The number of carboxylic acid groups (broad SMARTS) is 1. The van der Waals surface area contributed by atoms with Gasteiger partial charge in [-0.1, -0.05) is 12.2 Å².